The molecule has 3 rings (SSSR count). The van der Waals surface area contributed by atoms with Crippen molar-refractivity contribution in [2.45, 2.75) is 103 Å². The molecule has 238 valence electrons. The van der Waals surface area contributed by atoms with Crippen molar-refractivity contribution >= 4 is 17.8 Å². The van der Waals surface area contributed by atoms with Gasteiger partial charge in [-0.1, -0.05) is 39.0 Å². The van der Waals surface area contributed by atoms with E-state index >= 15 is 0 Å². The first-order valence-electron chi connectivity index (χ1n) is 15.1. The summed E-state index contributed by atoms with van der Waals surface area (Å²) in [6.07, 6.45) is 2.41. The van der Waals surface area contributed by atoms with Crippen molar-refractivity contribution in [1.82, 2.24) is 15.1 Å². The van der Waals surface area contributed by atoms with Crippen LogP contribution in [0.3, 0.4) is 0 Å². The largest absolute Gasteiger partial charge is 0.458 e. The fourth-order valence-corrected chi connectivity index (χ4v) is 6.52. The number of aliphatic hydroxyl groups excluding tert-OH is 1. The minimum absolute atomic E-state index is 0.122. The summed E-state index contributed by atoms with van der Waals surface area (Å²) in [7, 11) is 5.47. The Kier molecular flexibility index (Phi) is 11.8. The van der Waals surface area contributed by atoms with Crippen LogP contribution in [0.4, 0.5) is 0 Å². The van der Waals surface area contributed by atoms with Gasteiger partial charge in [-0.05, 0) is 53.1 Å². The zero-order valence-electron chi connectivity index (χ0n) is 26.4. The number of allylic oxidation sites excluding steroid dienone is 3. The molecule has 0 aromatic heterocycles. The van der Waals surface area contributed by atoms with Crippen LogP contribution in [0.15, 0.2) is 23.8 Å². The molecule has 0 saturated carbocycles. The third-order valence-corrected chi connectivity index (χ3v) is 8.76. The van der Waals surface area contributed by atoms with Crippen LogP contribution in [0, 0.1) is 17.8 Å². The number of esters is 1. The Balaban J connectivity index is 2.03. The Morgan fingerprint density at radius 2 is 1.90 bits per heavy atom. The van der Waals surface area contributed by atoms with E-state index in [1.165, 1.54) is 0 Å². The lowest BCUT2D eigenvalue weighted by atomic mass is 9.77. The van der Waals surface area contributed by atoms with Gasteiger partial charge in [0.05, 0.1) is 23.7 Å². The van der Waals surface area contributed by atoms with E-state index in [1.54, 1.807) is 44.9 Å². The van der Waals surface area contributed by atoms with Crippen molar-refractivity contribution in [1.29, 1.82) is 0 Å². The van der Waals surface area contributed by atoms with Crippen LogP contribution < -0.4 is 5.32 Å². The number of likely N-dealkylation sites (N-methyl/N-ethyl adjacent to an activating group) is 1. The molecule has 2 saturated heterocycles. The van der Waals surface area contributed by atoms with Crippen molar-refractivity contribution in [2.75, 3.05) is 34.2 Å². The van der Waals surface area contributed by atoms with Gasteiger partial charge in [0.1, 0.15) is 12.2 Å². The number of amides is 2. The van der Waals surface area contributed by atoms with E-state index < -0.39 is 48.0 Å². The van der Waals surface area contributed by atoms with Crippen molar-refractivity contribution in [2.24, 2.45) is 17.8 Å². The summed E-state index contributed by atoms with van der Waals surface area (Å²) < 4.78 is 18.6. The van der Waals surface area contributed by atoms with Crippen molar-refractivity contribution < 1.29 is 38.8 Å². The van der Waals surface area contributed by atoms with Gasteiger partial charge in [0.2, 0.25) is 11.8 Å². The lowest BCUT2D eigenvalue weighted by Crippen LogP contribution is -2.59. The average molecular weight is 594 g/mol. The van der Waals surface area contributed by atoms with Crippen molar-refractivity contribution in [3.8, 4) is 0 Å². The van der Waals surface area contributed by atoms with Gasteiger partial charge >= 0.3 is 5.97 Å². The molecule has 0 unspecified atom stereocenters. The van der Waals surface area contributed by atoms with Crippen LogP contribution >= 0.6 is 0 Å². The van der Waals surface area contributed by atoms with E-state index in [4.69, 9.17) is 14.2 Å². The molecule has 0 spiro atoms. The Bertz CT molecular complexity index is 1030. The third-order valence-electron chi connectivity index (χ3n) is 8.76. The van der Waals surface area contributed by atoms with E-state index in [-0.39, 0.29) is 49.3 Å². The van der Waals surface area contributed by atoms with Crippen LogP contribution in [0.1, 0.15) is 60.3 Å². The number of hydrogen-bond donors (Lipinski definition) is 3. The number of ether oxygens (including phenoxy) is 3. The molecule has 0 radical (unpaired) electrons. The molecule has 11 nitrogen and oxygen atoms in total. The lowest BCUT2D eigenvalue weighted by molar-refractivity contribution is -0.299. The molecular formula is C31H51N3O8. The molecule has 0 aromatic rings. The topological polar surface area (TPSA) is 138 Å². The van der Waals surface area contributed by atoms with Gasteiger partial charge in [0, 0.05) is 44.1 Å². The molecule has 1 aliphatic carbocycles. The Hall–Kier alpha value is -2.31. The molecule has 2 fully saturated rings. The van der Waals surface area contributed by atoms with Gasteiger partial charge < -0.3 is 39.5 Å². The predicted octanol–water partition coefficient (Wildman–Crippen LogP) is 1.62. The second kappa shape index (κ2) is 14.4. The zero-order valence-corrected chi connectivity index (χ0v) is 26.4. The van der Waals surface area contributed by atoms with Gasteiger partial charge in [-0.2, -0.15) is 0 Å². The summed E-state index contributed by atoms with van der Waals surface area (Å²) in [6.45, 7) is 9.49. The molecular weight excluding hydrogens is 542 g/mol. The minimum atomic E-state index is -1.51. The Labute approximate surface area is 250 Å². The van der Waals surface area contributed by atoms with Crippen LogP contribution in [0.5, 0.6) is 0 Å². The highest BCUT2D eigenvalue weighted by Crippen LogP contribution is 2.36. The van der Waals surface area contributed by atoms with Gasteiger partial charge in [-0.15, -0.1) is 0 Å². The highest BCUT2D eigenvalue weighted by atomic mass is 16.7. The number of aliphatic hydroxyl groups is 2. The minimum Gasteiger partial charge on any atom is -0.458 e. The van der Waals surface area contributed by atoms with Gasteiger partial charge in [-0.3, -0.25) is 9.59 Å². The molecule has 3 aliphatic rings. The summed E-state index contributed by atoms with van der Waals surface area (Å²) in [6, 6.07) is -0.240. The zero-order chi connectivity index (χ0) is 31.4. The van der Waals surface area contributed by atoms with Gasteiger partial charge in [0.15, 0.2) is 6.29 Å². The number of carbonyl (C=O) groups excluding carboxylic acids is 3. The Morgan fingerprint density at radius 1 is 1.21 bits per heavy atom. The summed E-state index contributed by atoms with van der Waals surface area (Å²) in [5.74, 6) is -2.70. The number of nitrogens with one attached hydrogen (secondary N) is 1. The molecule has 3 N–H and O–H groups in total. The molecule has 2 amide bonds. The normalized spacial score (nSPS) is 39.1. The average Bonchev–Trinajstić information content (AvgIpc) is 3.45. The maximum absolute atomic E-state index is 13.3. The SMILES string of the molecule is C[C@H]1CN(C)C(=O)CCNC(=O)[C@H](C)[C@@H](OC(=O)C2=CC=CC2)[C@H](C)[C@@H](O[C@@H]2O[C@H](C)C[C@H](N(C)C)[C@H]2O)[C@](C)(O)C1. The van der Waals surface area contributed by atoms with Crippen molar-refractivity contribution in [3.05, 3.63) is 23.8 Å². The van der Waals surface area contributed by atoms with E-state index in [9.17, 15) is 24.6 Å². The number of nitrogens with zero attached hydrogens (tertiary/aromatic N) is 2. The lowest BCUT2D eigenvalue weighted by Gasteiger charge is -2.47. The van der Waals surface area contributed by atoms with Crippen LogP contribution in [-0.4, -0.2) is 114 Å². The first kappa shape index (κ1) is 34.2. The summed E-state index contributed by atoms with van der Waals surface area (Å²) >= 11 is 0. The van der Waals surface area contributed by atoms with E-state index in [2.05, 4.69) is 5.32 Å². The third kappa shape index (κ3) is 8.41. The Morgan fingerprint density at radius 3 is 2.52 bits per heavy atom. The fraction of sp³-hybridized carbons (Fsp3) is 0.774. The monoisotopic (exact) mass is 593 g/mol. The fourth-order valence-electron chi connectivity index (χ4n) is 6.52. The summed E-state index contributed by atoms with van der Waals surface area (Å²) in [5.41, 5.74) is -1.05. The van der Waals surface area contributed by atoms with Crippen LogP contribution in [-0.2, 0) is 28.6 Å². The second-order valence-electron chi connectivity index (χ2n) is 13.0. The highest BCUT2D eigenvalue weighted by molar-refractivity contribution is 5.90. The number of carbonyl (C=O) groups is 3. The highest BCUT2D eigenvalue weighted by Gasteiger charge is 2.49. The molecule has 0 bridgehead atoms. The van der Waals surface area contributed by atoms with Crippen molar-refractivity contribution in [3.63, 3.8) is 0 Å². The van der Waals surface area contributed by atoms with E-state index in [0.29, 0.717) is 25.0 Å². The quantitative estimate of drug-likeness (QED) is 0.406. The first-order chi connectivity index (χ1) is 19.6. The molecule has 10 atom stereocenters. The maximum Gasteiger partial charge on any atom is 0.334 e. The molecule has 2 heterocycles. The van der Waals surface area contributed by atoms with Crippen LogP contribution in [0.25, 0.3) is 0 Å². The van der Waals surface area contributed by atoms with E-state index in [1.807, 2.05) is 38.9 Å². The molecule has 0 aromatic carbocycles. The molecule has 11 heteroatoms. The number of hydrogen-bond acceptors (Lipinski definition) is 9. The second-order valence-corrected chi connectivity index (χ2v) is 13.0. The number of rotatable bonds is 5. The maximum atomic E-state index is 13.3. The smallest absolute Gasteiger partial charge is 0.334 e. The summed E-state index contributed by atoms with van der Waals surface area (Å²) in [5, 5.41) is 26.1. The predicted molar refractivity (Wildman–Crippen MR) is 157 cm³/mol. The summed E-state index contributed by atoms with van der Waals surface area (Å²) in [4.78, 5) is 42.8. The molecule has 42 heavy (non-hydrogen) atoms. The van der Waals surface area contributed by atoms with Crippen LogP contribution in [0.2, 0.25) is 0 Å². The standard InChI is InChI=1S/C31H51N3O8/c1-18-16-31(5,39)27(42-30-25(36)23(33(6)7)15-19(2)40-30)20(3)26(41-29(38)22-11-9-10-12-22)21(4)28(37)32-14-13-24(35)34(8)17-18/h9-11,18-21,23,25-27,30,36,39H,12-17H2,1-8H3,(H,32,37)/t18-,19-,20+,21-,23+,25-,26+,27-,30+,31-/m1/s1. The molecule has 2 aliphatic heterocycles. The van der Waals surface area contributed by atoms with E-state index in [0.717, 1.165) is 0 Å². The van der Waals surface area contributed by atoms with Gasteiger partial charge in [-0.25, -0.2) is 4.79 Å². The first-order valence-corrected chi connectivity index (χ1v) is 15.1. The van der Waals surface area contributed by atoms with Gasteiger partial charge in [0.25, 0.3) is 0 Å².